The minimum atomic E-state index is -0.206. The van der Waals surface area contributed by atoms with Gasteiger partial charge in [-0.15, -0.1) is 0 Å². The Morgan fingerprint density at radius 3 is 2.96 bits per heavy atom. The Morgan fingerprint density at radius 2 is 2.15 bits per heavy atom. The summed E-state index contributed by atoms with van der Waals surface area (Å²) in [5.74, 6) is 0.647. The van der Waals surface area contributed by atoms with Crippen molar-refractivity contribution >= 4 is 23.2 Å². The molecule has 3 aromatic heterocycles. The van der Waals surface area contributed by atoms with Crippen LogP contribution in [0.25, 0.3) is 11.1 Å². The van der Waals surface area contributed by atoms with Gasteiger partial charge in [0.1, 0.15) is 11.6 Å². The number of allylic oxidation sites excluding steroid dienone is 4. The van der Waals surface area contributed by atoms with Crippen LogP contribution >= 0.6 is 0 Å². The zero-order valence-electron chi connectivity index (χ0n) is 14.5. The van der Waals surface area contributed by atoms with Crippen molar-refractivity contribution in [2.45, 2.75) is 19.4 Å². The SMILES string of the molecule is FC1=CCC(=c2ncn(Cc3cnc[nH]3)c2=C2CC=Nc3[nH]ccc32)C=C1. The summed E-state index contributed by atoms with van der Waals surface area (Å²) in [5.41, 5.74) is 4.23. The molecule has 6 nitrogen and oxygen atoms in total. The molecule has 27 heavy (non-hydrogen) atoms. The van der Waals surface area contributed by atoms with E-state index in [4.69, 9.17) is 4.98 Å². The molecule has 0 radical (unpaired) electrons. The molecule has 134 valence electrons. The summed E-state index contributed by atoms with van der Waals surface area (Å²) in [7, 11) is 0. The Balaban J connectivity index is 1.79. The highest BCUT2D eigenvalue weighted by Gasteiger charge is 2.17. The van der Waals surface area contributed by atoms with Crippen LogP contribution in [0.2, 0.25) is 0 Å². The summed E-state index contributed by atoms with van der Waals surface area (Å²) in [6.45, 7) is 0.629. The molecule has 5 rings (SSSR count). The average molecular weight is 360 g/mol. The highest BCUT2D eigenvalue weighted by Crippen LogP contribution is 2.28. The molecule has 1 aliphatic carbocycles. The number of rotatable bonds is 2. The Kier molecular flexibility index (Phi) is 3.71. The summed E-state index contributed by atoms with van der Waals surface area (Å²) in [4.78, 5) is 19.6. The molecule has 0 saturated carbocycles. The van der Waals surface area contributed by atoms with Gasteiger partial charge in [0.25, 0.3) is 0 Å². The molecule has 0 atom stereocenters. The van der Waals surface area contributed by atoms with Gasteiger partial charge in [-0.2, -0.15) is 0 Å². The first-order valence-electron chi connectivity index (χ1n) is 8.78. The van der Waals surface area contributed by atoms with Crippen molar-refractivity contribution in [1.82, 2.24) is 24.5 Å². The fourth-order valence-electron chi connectivity index (χ4n) is 3.58. The predicted molar refractivity (Wildman–Crippen MR) is 102 cm³/mol. The van der Waals surface area contributed by atoms with Crippen molar-refractivity contribution in [2.75, 3.05) is 0 Å². The Hall–Kier alpha value is -3.48. The minimum Gasteiger partial charge on any atom is -0.347 e. The van der Waals surface area contributed by atoms with Gasteiger partial charge in [-0.05, 0) is 35.8 Å². The smallest absolute Gasteiger partial charge is 0.137 e. The zero-order valence-corrected chi connectivity index (χ0v) is 14.5. The number of hydrogen-bond acceptors (Lipinski definition) is 3. The van der Waals surface area contributed by atoms with Crippen LogP contribution in [0.1, 0.15) is 24.1 Å². The number of halogens is 1. The zero-order chi connectivity index (χ0) is 18.2. The van der Waals surface area contributed by atoms with Crippen LogP contribution in [0.3, 0.4) is 0 Å². The normalized spacial score (nSPS) is 20.0. The van der Waals surface area contributed by atoms with Crippen LogP contribution in [0.5, 0.6) is 0 Å². The molecule has 0 unspecified atom stereocenters. The molecular formula is C20H17FN6. The monoisotopic (exact) mass is 360 g/mol. The number of fused-ring (bicyclic) bond motifs is 1. The second-order valence-electron chi connectivity index (χ2n) is 6.53. The van der Waals surface area contributed by atoms with Gasteiger partial charge in [0.2, 0.25) is 0 Å². The van der Waals surface area contributed by atoms with Crippen molar-refractivity contribution in [2.24, 2.45) is 4.99 Å². The molecule has 4 heterocycles. The number of aliphatic imine (C=N–C) groups is 1. The van der Waals surface area contributed by atoms with Gasteiger partial charge in [0, 0.05) is 30.6 Å². The van der Waals surface area contributed by atoms with E-state index in [0.717, 1.165) is 38.9 Å². The highest BCUT2D eigenvalue weighted by atomic mass is 19.1. The first-order valence-corrected chi connectivity index (χ1v) is 8.78. The maximum atomic E-state index is 13.4. The fourth-order valence-corrected chi connectivity index (χ4v) is 3.58. The molecule has 3 aromatic rings. The first kappa shape index (κ1) is 15.7. The molecule has 7 heteroatoms. The van der Waals surface area contributed by atoms with Gasteiger partial charge in [-0.1, -0.05) is 6.08 Å². The van der Waals surface area contributed by atoms with E-state index in [-0.39, 0.29) is 5.83 Å². The van der Waals surface area contributed by atoms with Crippen molar-refractivity contribution in [3.05, 3.63) is 77.1 Å². The van der Waals surface area contributed by atoms with Gasteiger partial charge in [-0.25, -0.2) is 19.4 Å². The molecule has 0 amide bonds. The summed E-state index contributed by atoms with van der Waals surface area (Å²) in [6, 6.07) is 2.04. The van der Waals surface area contributed by atoms with Gasteiger partial charge in [0.05, 0.1) is 35.6 Å². The molecule has 2 aliphatic rings. The molecule has 0 fully saturated rings. The Labute approximate surface area is 154 Å². The number of H-pyrrole nitrogens is 2. The van der Waals surface area contributed by atoms with Crippen molar-refractivity contribution in [3.8, 4) is 0 Å². The van der Waals surface area contributed by atoms with E-state index >= 15 is 0 Å². The van der Waals surface area contributed by atoms with Crippen LogP contribution in [-0.2, 0) is 6.54 Å². The van der Waals surface area contributed by atoms with Crippen LogP contribution in [0.15, 0.2) is 60.2 Å². The van der Waals surface area contributed by atoms with Crippen LogP contribution < -0.4 is 10.7 Å². The van der Waals surface area contributed by atoms with E-state index in [1.165, 1.54) is 6.08 Å². The largest absolute Gasteiger partial charge is 0.347 e. The van der Waals surface area contributed by atoms with E-state index in [9.17, 15) is 4.39 Å². The molecule has 2 N–H and O–H groups in total. The van der Waals surface area contributed by atoms with Crippen LogP contribution in [-0.4, -0.2) is 30.7 Å². The topological polar surface area (TPSA) is 74.7 Å². The van der Waals surface area contributed by atoms with E-state index in [2.05, 4.69) is 24.5 Å². The Morgan fingerprint density at radius 1 is 1.19 bits per heavy atom. The number of nitrogens with one attached hydrogen (secondary N) is 2. The Bertz CT molecular complexity index is 1200. The van der Waals surface area contributed by atoms with E-state index in [0.29, 0.717) is 19.4 Å². The maximum Gasteiger partial charge on any atom is 0.137 e. The van der Waals surface area contributed by atoms with Gasteiger partial charge in [-0.3, -0.25) is 0 Å². The molecular weight excluding hydrogens is 343 g/mol. The molecule has 0 aromatic carbocycles. The van der Waals surface area contributed by atoms with Crippen molar-refractivity contribution in [3.63, 3.8) is 0 Å². The molecule has 0 bridgehead atoms. The lowest BCUT2D eigenvalue weighted by Crippen LogP contribution is -2.35. The summed E-state index contributed by atoms with van der Waals surface area (Å²) >= 11 is 0. The molecule has 0 spiro atoms. The summed E-state index contributed by atoms with van der Waals surface area (Å²) in [5, 5.41) is 1.92. The quantitative estimate of drug-likeness (QED) is 0.736. The van der Waals surface area contributed by atoms with Crippen molar-refractivity contribution < 1.29 is 4.39 Å². The summed E-state index contributed by atoms with van der Waals surface area (Å²) in [6.07, 6.45) is 15.3. The number of aromatic amines is 2. The highest BCUT2D eigenvalue weighted by molar-refractivity contribution is 5.88. The van der Waals surface area contributed by atoms with E-state index in [1.54, 1.807) is 12.4 Å². The lowest BCUT2D eigenvalue weighted by atomic mass is 10.0. The summed E-state index contributed by atoms with van der Waals surface area (Å²) < 4.78 is 15.6. The molecule has 0 saturated heterocycles. The number of imidazole rings is 2. The second-order valence-corrected chi connectivity index (χ2v) is 6.53. The maximum absolute atomic E-state index is 13.4. The minimum absolute atomic E-state index is 0.206. The molecule has 1 aliphatic heterocycles. The third kappa shape index (κ3) is 2.77. The third-order valence-corrected chi connectivity index (χ3v) is 4.85. The second kappa shape index (κ2) is 6.35. The van der Waals surface area contributed by atoms with Gasteiger partial charge in [0.15, 0.2) is 0 Å². The van der Waals surface area contributed by atoms with Gasteiger partial charge < -0.3 is 14.5 Å². The van der Waals surface area contributed by atoms with Crippen molar-refractivity contribution in [1.29, 1.82) is 0 Å². The number of hydrogen-bond donors (Lipinski definition) is 2. The number of nitrogens with zero attached hydrogens (tertiary/aromatic N) is 4. The fraction of sp³-hybridized carbons (Fsp3) is 0.150. The van der Waals surface area contributed by atoms with Crippen LogP contribution in [0, 0.1) is 0 Å². The average Bonchev–Trinajstić information content (AvgIpc) is 3.43. The lowest BCUT2D eigenvalue weighted by molar-refractivity contribution is 0.661. The number of aromatic nitrogens is 5. The lowest BCUT2D eigenvalue weighted by Gasteiger charge is -2.11. The standard InChI is InChI=1S/C20H17FN6/c21-14-3-1-13(2-4-14)18-19(16-5-7-23-20-17(16)6-8-24-20)27(12-26-18)10-15-9-22-11-25-15/h1,3-4,6-9,11-12,24H,2,5,10H2,(H,22,25). The van der Waals surface area contributed by atoms with Crippen LogP contribution in [0.4, 0.5) is 10.2 Å². The first-order chi connectivity index (χ1) is 13.3. The third-order valence-electron chi connectivity index (χ3n) is 4.85. The predicted octanol–water partition coefficient (Wildman–Crippen LogP) is 2.25. The van der Waals surface area contributed by atoms with Gasteiger partial charge >= 0.3 is 0 Å². The van der Waals surface area contributed by atoms with E-state index in [1.807, 2.05) is 37.1 Å². The van der Waals surface area contributed by atoms with E-state index < -0.39 is 0 Å².